The molecule has 0 aliphatic carbocycles. The molecule has 0 fully saturated rings. The monoisotopic (exact) mass is 301 g/mol. The third-order valence-electron chi connectivity index (χ3n) is 3.13. The van der Waals surface area contributed by atoms with Crippen LogP contribution in [0.15, 0.2) is 0 Å². The van der Waals surface area contributed by atoms with Crippen LogP contribution in [0.25, 0.3) is 0 Å². The number of benzene rings is 1. The van der Waals surface area contributed by atoms with Crippen molar-refractivity contribution < 1.29 is 22.4 Å². The zero-order chi connectivity index (χ0) is 16.0. The van der Waals surface area contributed by atoms with Crippen LogP contribution in [-0.2, 0) is 0 Å². The van der Waals surface area contributed by atoms with Crippen molar-refractivity contribution in [3.63, 3.8) is 0 Å². The standard InChI is InChI=1S/C14H16BF4NO/c1-8-10(16)12(18)9(13(19)11(8)17)14(21)20-7-5-3-2-4-6-15/h2-7H2,1H3,(H,20,21). The molecule has 0 aliphatic rings. The topological polar surface area (TPSA) is 29.1 Å². The van der Waals surface area contributed by atoms with Crippen molar-refractivity contribution in [1.82, 2.24) is 5.32 Å². The predicted octanol–water partition coefficient (Wildman–Crippen LogP) is 3.43. The minimum Gasteiger partial charge on any atom is -0.352 e. The lowest BCUT2D eigenvalue weighted by molar-refractivity contribution is 0.0942. The van der Waals surface area contributed by atoms with E-state index in [0.29, 0.717) is 12.7 Å². The number of carbonyl (C=O) groups is 1. The fraction of sp³-hybridized carbons (Fsp3) is 0.500. The number of hydrogen-bond donors (Lipinski definition) is 1. The van der Waals surface area contributed by atoms with Crippen molar-refractivity contribution in [2.45, 2.75) is 38.9 Å². The molecule has 2 radical (unpaired) electrons. The summed E-state index contributed by atoms with van der Waals surface area (Å²) in [5, 5.41) is 2.25. The van der Waals surface area contributed by atoms with Crippen molar-refractivity contribution in [2.24, 2.45) is 0 Å². The molecule has 1 rings (SSSR count). The number of amides is 1. The summed E-state index contributed by atoms with van der Waals surface area (Å²) < 4.78 is 53.8. The number of carbonyl (C=O) groups excluding carboxylic acids is 1. The number of hydrogen-bond acceptors (Lipinski definition) is 1. The normalized spacial score (nSPS) is 10.7. The average molecular weight is 301 g/mol. The Morgan fingerprint density at radius 2 is 1.48 bits per heavy atom. The van der Waals surface area contributed by atoms with Gasteiger partial charge in [-0.25, -0.2) is 17.6 Å². The van der Waals surface area contributed by atoms with Gasteiger partial charge in [0.25, 0.3) is 5.91 Å². The van der Waals surface area contributed by atoms with E-state index >= 15 is 0 Å². The van der Waals surface area contributed by atoms with Crippen LogP contribution in [0.4, 0.5) is 17.6 Å². The zero-order valence-corrected chi connectivity index (χ0v) is 11.7. The van der Waals surface area contributed by atoms with Crippen LogP contribution in [0.5, 0.6) is 0 Å². The Labute approximate surface area is 122 Å². The molecule has 1 amide bonds. The lowest BCUT2D eigenvalue weighted by atomic mass is 9.99. The molecule has 2 nitrogen and oxygen atoms in total. The van der Waals surface area contributed by atoms with Gasteiger partial charge in [0.05, 0.1) is 7.85 Å². The summed E-state index contributed by atoms with van der Waals surface area (Å²) >= 11 is 0. The first-order valence-electron chi connectivity index (χ1n) is 6.72. The molecule has 1 aromatic carbocycles. The predicted molar refractivity (Wildman–Crippen MR) is 72.4 cm³/mol. The number of nitrogens with one attached hydrogen (secondary N) is 1. The van der Waals surface area contributed by atoms with E-state index in [9.17, 15) is 22.4 Å². The van der Waals surface area contributed by atoms with Gasteiger partial charge in [0.15, 0.2) is 23.3 Å². The van der Waals surface area contributed by atoms with Gasteiger partial charge in [0.1, 0.15) is 5.56 Å². The molecule has 0 aliphatic heterocycles. The second-order valence-electron chi connectivity index (χ2n) is 4.71. The summed E-state index contributed by atoms with van der Waals surface area (Å²) in [6.07, 6.45) is 3.68. The molecule has 1 aromatic rings. The molecule has 7 heteroatoms. The molecule has 0 heterocycles. The van der Waals surface area contributed by atoms with E-state index in [0.717, 1.165) is 26.2 Å². The molecule has 0 unspecified atom stereocenters. The van der Waals surface area contributed by atoms with Crippen LogP contribution in [-0.4, -0.2) is 20.3 Å². The van der Waals surface area contributed by atoms with Gasteiger partial charge in [-0.05, 0) is 13.3 Å². The highest BCUT2D eigenvalue weighted by Crippen LogP contribution is 2.23. The van der Waals surface area contributed by atoms with Crippen molar-refractivity contribution in [3.8, 4) is 0 Å². The molecule has 0 aromatic heterocycles. The van der Waals surface area contributed by atoms with Gasteiger partial charge in [-0.1, -0.05) is 25.6 Å². The van der Waals surface area contributed by atoms with Crippen LogP contribution in [0.3, 0.4) is 0 Å². The molecule has 0 saturated heterocycles. The zero-order valence-electron chi connectivity index (χ0n) is 11.7. The van der Waals surface area contributed by atoms with E-state index in [1.54, 1.807) is 0 Å². The lowest BCUT2D eigenvalue weighted by Gasteiger charge is -2.10. The Morgan fingerprint density at radius 3 is 2.00 bits per heavy atom. The minimum atomic E-state index is -1.67. The van der Waals surface area contributed by atoms with Crippen molar-refractivity contribution >= 4 is 13.8 Å². The van der Waals surface area contributed by atoms with Gasteiger partial charge in [-0.2, -0.15) is 0 Å². The quantitative estimate of drug-likeness (QED) is 0.355. The lowest BCUT2D eigenvalue weighted by Crippen LogP contribution is -2.27. The van der Waals surface area contributed by atoms with Gasteiger partial charge in [-0.3, -0.25) is 4.79 Å². The second kappa shape index (κ2) is 8.05. The summed E-state index contributed by atoms with van der Waals surface area (Å²) in [5.41, 5.74) is -2.01. The molecule has 0 saturated carbocycles. The van der Waals surface area contributed by atoms with Crippen molar-refractivity contribution in [2.75, 3.05) is 6.54 Å². The molecule has 21 heavy (non-hydrogen) atoms. The third kappa shape index (κ3) is 4.22. The fourth-order valence-corrected chi connectivity index (χ4v) is 1.85. The first-order chi connectivity index (χ1) is 9.91. The third-order valence-corrected chi connectivity index (χ3v) is 3.13. The Bertz CT molecular complexity index is 493. The Hall–Kier alpha value is -1.53. The van der Waals surface area contributed by atoms with E-state index < -0.39 is 40.3 Å². The van der Waals surface area contributed by atoms with E-state index in [-0.39, 0.29) is 6.54 Å². The van der Waals surface area contributed by atoms with Crippen LogP contribution in [0.2, 0.25) is 6.32 Å². The Morgan fingerprint density at radius 1 is 0.952 bits per heavy atom. The van der Waals surface area contributed by atoms with Crippen LogP contribution >= 0.6 is 0 Å². The maximum atomic E-state index is 13.6. The van der Waals surface area contributed by atoms with Crippen LogP contribution in [0, 0.1) is 30.2 Å². The molecule has 0 atom stereocenters. The number of halogens is 4. The Balaban J connectivity index is 2.71. The SMILES string of the molecule is [B]CCCCCCNC(=O)c1c(F)c(F)c(C)c(F)c1F. The first kappa shape index (κ1) is 17.5. The highest BCUT2D eigenvalue weighted by Gasteiger charge is 2.27. The summed E-state index contributed by atoms with van der Waals surface area (Å²) in [4.78, 5) is 11.6. The van der Waals surface area contributed by atoms with Crippen molar-refractivity contribution in [3.05, 3.63) is 34.4 Å². The summed E-state index contributed by atoms with van der Waals surface area (Å²) in [7, 11) is 5.32. The number of rotatable bonds is 7. The van der Waals surface area contributed by atoms with Crippen LogP contribution in [0.1, 0.15) is 41.6 Å². The Kier molecular flexibility index (Phi) is 6.72. The van der Waals surface area contributed by atoms with Gasteiger partial charge >= 0.3 is 0 Å². The summed E-state index contributed by atoms with van der Waals surface area (Å²) in [5.74, 6) is -7.62. The molecule has 114 valence electrons. The van der Waals surface area contributed by atoms with Gasteiger partial charge in [-0.15, -0.1) is 0 Å². The maximum Gasteiger partial charge on any atom is 0.257 e. The van der Waals surface area contributed by atoms with E-state index in [1.165, 1.54) is 0 Å². The average Bonchev–Trinajstić information content (AvgIpc) is 2.47. The fourth-order valence-electron chi connectivity index (χ4n) is 1.85. The summed E-state index contributed by atoms with van der Waals surface area (Å²) in [6.45, 7) is 1.06. The van der Waals surface area contributed by atoms with E-state index in [1.807, 2.05) is 0 Å². The largest absolute Gasteiger partial charge is 0.352 e. The van der Waals surface area contributed by atoms with Gasteiger partial charge in [0.2, 0.25) is 0 Å². The van der Waals surface area contributed by atoms with Crippen molar-refractivity contribution in [1.29, 1.82) is 0 Å². The first-order valence-corrected chi connectivity index (χ1v) is 6.72. The second-order valence-corrected chi connectivity index (χ2v) is 4.71. The van der Waals surface area contributed by atoms with E-state index in [2.05, 4.69) is 5.32 Å². The summed E-state index contributed by atoms with van der Waals surface area (Å²) in [6, 6.07) is 0. The molecular formula is C14H16BF4NO. The number of unbranched alkanes of at least 4 members (excludes halogenated alkanes) is 3. The maximum absolute atomic E-state index is 13.6. The van der Waals surface area contributed by atoms with E-state index in [4.69, 9.17) is 7.85 Å². The molecule has 0 spiro atoms. The smallest absolute Gasteiger partial charge is 0.257 e. The highest BCUT2D eigenvalue weighted by molar-refractivity contribution is 6.08. The van der Waals surface area contributed by atoms with Gasteiger partial charge in [0, 0.05) is 12.1 Å². The highest BCUT2D eigenvalue weighted by atomic mass is 19.2. The minimum absolute atomic E-state index is 0.166. The molecular weight excluding hydrogens is 285 g/mol. The molecule has 1 N–H and O–H groups in total. The molecule has 0 bridgehead atoms. The van der Waals surface area contributed by atoms with Gasteiger partial charge < -0.3 is 5.32 Å². The van der Waals surface area contributed by atoms with Crippen LogP contribution < -0.4 is 5.32 Å².